The van der Waals surface area contributed by atoms with E-state index >= 15 is 0 Å². The lowest BCUT2D eigenvalue weighted by Gasteiger charge is -2.16. The lowest BCUT2D eigenvalue weighted by Crippen LogP contribution is -2.17. The smallest absolute Gasteiger partial charge is 0.255 e. The van der Waals surface area contributed by atoms with Crippen LogP contribution in [-0.2, 0) is 10.0 Å². The van der Waals surface area contributed by atoms with E-state index in [-0.39, 0.29) is 4.90 Å². The summed E-state index contributed by atoms with van der Waals surface area (Å²) in [6, 6.07) is 9.63. The van der Waals surface area contributed by atoms with E-state index in [1.165, 1.54) is 18.2 Å². The van der Waals surface area contributed by atoms with Gasteiger partial charge in [0.25, 0.3) is 5.91 Å². The minimum atomic E-state index is -3.89. The molecule has 2 aromatic carbocycles. The number of benzene rings is 2. The van der Waals surface area contributed by atoms with E-state index in [0.29, 0.717) is 28.1 Å². The van der Waals surface area contributed by atoms with E-state index in [9.17, 15) is 13.2 Å². The number of anilines is 2. The molecule has 0 fully saturated rings. The molecule has 2 aromatic rings. The molecule has 0 spiro atoms. The van der Waals surface area contributed by atoms with Gasteiger partial charge in [0.15, 0.2) is 0 Å². The Morgan fingerprint density at radius 1 is 1.15 bits per heavy atom. The number of nitrogens with one attached hydrogen (secondary N) is 1. The average molecular weight is 372 g/mol. The highest BCUT2D eigenvalue weighted by atomic mass is 32.2. The van der Waals surface area contributed by atoms with Crippen LogP contribution in [0.25, 0.3) is 0 Å². The maximum absolute atomic E-state index is 12.7. The molecule has 3 N–H and O–H groups in total. The molecular formula is C18H20N4O3S. The Hall–Kier alpha value is -2.89. The highest BCUT2D eigenvalue weighted by Gasteiger charge is 2.16. The van der Waals surface area contributed by atoms with Crippen LogP contribution < -0.4 is 15.4 Å². The molecule has 0 aromatic heterocycles. The monoisotopic (exact) mass is 372 g/mol. The Balaban J connectivity index is 2.47. The molecule has 0 unspecified atom stereocenters. The highest BCUT2D eigenvalue weighted by molar-refractivity contribution is 7.89. The quantitative estimate of drug-likeness (QED) is 0.853. The maximum Gasteiger partial charge on any atom is 0.255 e. The third-order valence-electron chi connectivity index (χ3n) is 4.04. The zero-order chi connectivity index (χ0) is 19.6. The van der Waals surface area contributed by atoms with Crippen molar-refractivity contribution in [2.45, 2.75) is 18.7 Å². The number of hydrogen-bond acceptors (Lipinski definition) is 5. The molecule has 0 aliphatic heterocycles. The molecule has 0 heterocycles. The number of nitriles is 1. The zero-order valence-electron chi connectivity index (χ0n) is 15.0. The molecule has 136 valence electrons. The fraction of sp³-hybridized carbons (Fsp3) is 0.222. The molecule has 0 aliphatic rings. The van der Waals surface area contributed by atoms with Gasteiger partial charge >= 0.3 is 0 Å². The Bertz CT molecular complexity index is 1020. The number of carbonyl (C=O) groups excluding carboxylic acids is 1. The number of rotatable bonds is 4. The number of amides is 1. The van der Waals surface area contributed by atoms with Crippen molar-refractivity contribution in [2.24, 2.45) is 5.14 Å². The van der Waals surface area contributed by atoms with Crippen molar-refractivity contribution in [1.29, 1.82) is 5.26 Å². The average Bonchev–Trinajstić information content (AvgIpc) is 2.57. The summed E-state index contributed by atoms with van der Waals surface area (Å²) in [7, 11) is -0.281. The second kappa shape index (κ2) is 7.15. The number of aryl methyl sites for hydroxylation is 1. The van der Waals surface area contributed by atoms with Crippen LogP contribution in [0.2, 0.25) is 0 Å². The van der Waals surface area contributed by atoms with Crippen molar-refractivity contribution >= 4 is 27.3 Å². The van der Waals surface area contributed by atoms with Gasteiger partial charge in [-0.25, -0.2) is 13.6 Å². The molecule has 8 heteroatoms. The summed E-state index contributed by atoms with van der Waals surface area (Å²) < 4.78 is 23.3. The summed E-state index contributed by atoms with van der Waals surface area (Å²) in [6.07, 6.45) is 0. The van der Waals surface area contributed by atoms with Gasteiger partial charge in [0.2, 0.25) is 10.0 Å². The van der Waals surface area contributed by atoms with Crippen molar-refractivity contribution in [1.82, 2.24) is 0 Å². The lowest BCUT2D eigenvalue weighted by atomic mass is 10.1. The van der Waals surface area contributed by atoms with Gasteiger partial charge in [-0.1, -0.05) is 0 Å². The van der Waals surface area contributed by atoms with E-state index in [1.807, 2.05) is 6.07 Å². The lowest BCUT2D eigenvalue weighted by molar-refractivity contribution is 0.102. The SMILES string of the molecule is Cc1cc(S(N)(=O)=O)cc(NC(=O)c2cc(C#N)cc(N(C)C)c2)c1C. The molecule has 7 nitrogen and oxygen atoms in total. The fourth-order valence-electron chi connectivity index (χ4n) is 2.38. The van der Waals surface area contributed by atoms with Crippen molar-refractivity contribution in [2.75, 3.05) is 24.3 Å². The van der Waals surface area contributed by atoms with Crippen LogP contribution in [0.5, 0.6) is 0 Å². The van der Waals surface area contributed by atoms with E-state index in [0.717, 1.165) is 5.56 Å². The number of nitrogens with zero attached hydrogens (tertiary/aromatic N) is 2. The van der Waals surface area contributed by atoms with Crippen LogP contribution in [0, 0.1) is 25.2 Å². The van der Waals surface area contributed by atoms with Gasteiger partial charge in [-0.3, -0.25) is 4.79 Å². The highest BCUT2D eigenvalue weighted by Crippen LogP contribution is 2.25. The summed E-state index contributed by atoms with van der Waals surface area (Å²) in [6.45, 7) is 3.51. The van der Waals surface area contributed by atoms with Crippen LogP contribution in [0.15, 0.2) is 35.2 Å². The van der Waals surface area contributed by atoms with E-state index in [4.69, 9.17) is 10.4 Å². The van der Waals surface area contributed by atoms with Crippen LogP contribution >= 0.6 is 0 Å². The molecule has 0 radical (unpaired) electrons. The number of nitrogens with two attached hydrogens (primary N) is 1. The minimum Gasteiger partial charge on any atom is -0.378 e. The van der Waals surface area contributed by atoms with E-state index in [1.54, 1.807) is 45.0 Å². The van der Waals surface area contributed by atoms with Crippen LogP contribution in [0.3, 0.4) is 0 Å². The molecule has 0 atom stereocenters. The molecule has 2 rings (SSSR count). The van der Waals surface area contributed by atoms with Gasteiger partial charge in [0.05, 0.1) is 16.5 Å². The molecule has 0 aliphatic carbocycles. The van der Waals surface area contributed by atoms with Crippen molar-refractivity contribution in [3.63, 3.8) is 0 Å². The fourth-order valence-corrected chi connectivity index (χ4v) is 3.00. The van der Waals surface area contributed by atoms with Gasteiger partial charge in [-0.2, -0.15) is 5.26 Å². The second-order valence-corrected chi connectivity index (χ2v) is 7.75. The zero-order valence-corrected chi connectivity index (χ0v) is 15.8. The summed E-state index contributed by atoms with van der Waals surface area (Å²) in [4.78, 5) is 14.4. The third-order valence-corrected chi connectivity index (χ3v) is 4.94. The van der Waals surface area contributed by atoms with Gasteiger partial charge in [0.1, 0.15) is 0 Å². The summed E-state index contributed by atoms with van der Waals surface area (Å²) >= 11 is 0. The third kappa shape index (κ3) is 4.20. The van der Waals surface area contributed by atoms with Gasteiger partial charge < -0.3 is 10.2 Å². The maximum atomic E-state index is 12.7. The number of hydrogen-bond donors (Lipinski definition) is 2. The molecule has 0 saturated carbocycles. The Morgan fingerprint density at radius 2 is 1.81 bits per heavy atom. The molecule has 0 bridgehead atoms. The predicted molar refractivity (Wildman–Crippen MR) is 101 cm³/mol. The van der Waals surface area contributed by atoms with Gasteiger partial charge in [-0.15, -0.1) is 0 Å². The number of sulfonamides is 1. The van der Waals surface area contributed by atoms with Crippen LogP contribution in [-0.4, -0.2) is 28.4 Å². The Kier molecular flexibility index (Phi) is 5.35. The second-order valence-electron chi connectivity index (χ2n) is 6.19. The first-order valence-electron chi connectivity index (χ1n) is 7.71. The standard InChI is InChI=1S/C18H20N4O3S/c1-11-5-16(26(20,24)25)9-17(12(11)2)21-18(23)14-6-13(10-19)7-15(8-14)22(3)4/h5-9H,1-4H3,(H,21,23)(H2,20,24,25). The molecule has 0 saturated heterocycles. The van der Waals surface area contributed by atoms with Crippen LogP contribution in [0.1, 0.15) is 27.0 Å². The Labute approximate surface area is 153 Å². The molecule has 1 amide bonds. The normalized spacial score (nSPS) is 10.9. The largest absolute Gasteiger partial charge is 0.378 e. The van der Waals surface area contributed by atoms with Crippen molar-refractivity contribution < 1.29 is 13.2 Å². The summed E-state index contributed by atoms with van der Waals surface area (Å²) in [5, 5.41) is 17.1. The minimum absolute atomic E-state index is 0.0735. The first-order valence-corrected chi connectivity index (χ1v) is 9.25. The summed E-state index contributed by atoms with van der Waals surface area (Å²) in [5.74, 6) is -0.445. The van der Waals surface area contributed by atoms with Crippen molar-refractivity contribution in [3.05, 3.63) is 52.6 Å². The Morgan fingerprint density at radius 3 is 2.35 bits per heavy atom. The topological polar surface area (TPSA) is 116 Å². The number of carbonyl (C=O) groups is 1. The first kappa shape index (κ1) is 19.4. The molecular weight excluding hydrogens is 352 g/mol. The van der Waals surface area contributed by atoms with E-state index < -0.39 is 15.9 Å². The van der Waals surface area contributed by atoms with Gasteiger partial charge in [-0.05, 0) is 55.3 Å². The summed E-state index contributed by atoms with van der Waals surface area (Å²) in [5.41, 5.74) is 3.13. The number of primary sulfonamides is 1. The molecule has 26 heavy (non-hydrogen) atoms. The van der Waals surface area contributed by atoms with Gasteiger partial charge in [0, 0.05) is 31.0 Å². The van der Waals surface area contributed by atoms with Crippen molar-refractivity contribution in [3.8, 4) is 6.07 Å². The van der Waals surface area contributed by atoms with Crippen LogP contribution in [0.4, 0.5) is 11.4 Å². The van der Waals surface area contributed by atoms with E-state index in [2.05, 4.69) is 5.32 Å². The first-order chi connectivity index (χ1) is 12.0. The predicted octanol–water partition coefficient (Wildman–Crippen LogP) is 2.14.